The summed E-state index contributed by atoms with van der Waals surface area (Å²) >= 11 is 0. The SMILES string of the molecule is CC(CCNC(=O)c1cn(CCN)nn1)c1ccccc1. The third kappa shape index (κ3) is 4.39. The fraction of sp³-hybridized carbons (Fsp3) is 0.400. The fourth-order valence-electron chi connectivity index (χ4n) is 2.09. The van der Waals surface area contributed by atoms with Crippen LogP contribution in [-0.4, -0.2) is 34.0 Å². The standard InChI is InChI=1S/C15H21N5O/c1-12(13-5-3-2-4-6-13)7-9-17-15(21)14-11-20(10-8-16)19-18-14/h2-6,11-12H,7-10,16H2,1H3,(H,17,21). The van der Waals surface area contributed by atoms with Crippen LogP contribution in [0.1, 0.15) is 35.3 Å². The molecule has 1 heterocycles. The quantitative estimate of drug-likeness (QED) is 0.800. The predicted molar refractivity (Wildman–Crippen MR) is 80.9 cm³/mol. The number of nitrogens with zero attached hydrogens (tertiary/aromatic N) is 3. The minimum absolute atomic E-state index is 0.196. The van der Waals surface area contributed by atoms with E-state index in [2.05, 4.69) is 34.7 Å². The van der Waals surface area contributed by atoms with E-state index in [1.807, 2.05) is 18.2 Å². The Morgan fingerprint density at radius 1 is 1.38 bits per heavy atom. The molecule has 0 saturated carbocycles. The Morgan fingerprint density at radius 3 is 2.86 bits per heavy atom. The van der Waals surface area contributed by atoms with E-state index in [1.54, 1.807) is 10.9 Å². The Balaban J connectivity index is 1.78. The van der Waals surface area contributed by atoms with Gasteiger partial charge in [-0.2, -0.15) is 0 Å². The topological polar surface area (TPSA) is 85.8 Å². The molecule has 0 saturated heterocycles. The summed E-state index contributed by atoms with van der Waals surface area (Å²) in [6, 6.07) is 10.3. The van der Waals surface area contributed by atoms with E-state index in [9.17, 15) is 4.79 Å². The first kappa shape index (κ1) is 15.2. The van der Waals surface area contributed by atoms with Gasteiger partial charge >= 0.3 is 0 Å². The summed E-state index contributed by atoms with van der Waals surface area (Å²) in [7, 11) is 0. The fourth-order valence-corrected chi connectivity index (χ4v) is 2.09. The number of nitrogens with one attached hydrogen (secondary N) is 1. The first-order chi connectivity index (χ1) is 10.2. The summed E-state index contributed by atoms with van der Waals surface area (Å²) in [4.78, 5) is 11.9. The molecule has 0 aliphatic heterocycles. The second-order valence-electron chi connectivity index (χ2n) is 5.01. The molecule has 1 aromatic heterocycles. The summed E-state index contributed by atoms with van der Waals surface area (Å²) < 4.78 is 1.57. The molecule has 0 radical (unpaired) electrons. The van der Waals surface area contributed by atoms with Crippen LogP contribution in [0.3, 0.4) is 0 Å². The van der Waals surface area contributed by atoms with Crippen molar-refractivity contribution in [2.24, 2.45) is 5.73 Å². The summed E-state index contributed by atoms with van der Waals surface area (Å²) in [5.74, 6) is 0.206. The predicted octanol–water partition coefficient (Wildman–Crippen LogP) is 1.16. The maximum absolute atomic E-state index is 11.9. The van der Waals surface area contributed by atoms with Gasteiger partial charge in [-0.05, 0) is 17.9 Å². The second-order valence-corrected chi connectivity index (χ2v) is 5.01. The molecule has 1 atom stereocenters. The number of amides is 1. The molecule has 3 N–H and O–H groups in total. The maximum atomic E-state index is 11.9. The van der Waals surface area contributed by atoms with Crippen LogP contribution in [0.2, 0.25) is 0 Å². The highest BCUT2D eigenvalue weighted by molar-refractivity contribution is 5.91. The first-order valence-corrected chi connectivity index (χ1v) is 7.14. The molecule has 1 amide bonds. The van der Waals surface area contributed by atoms with E-state index in [1.165, 1.54) is 5.56 Å². The van der Waals surface area contributed by atoms with Crippen molar-refractivity contribution >= 4 is 5.91 Å². The van der Waals surface area contributed by atoms with Crippen LogP contribution in [0.25, 0.3) is 0 Å². The van der Waals surface area contributed by atoms with Gasteiger partial charge in [0, 0.05) is 13.1 Å². The van der Waals surface area contributed by atoms with Gasteiger partial charge in [0.2, 0.25) is 0 Å². The molecule has 112 valence electrons. The van der Waals surface area contributed by atoms with Crippen molar-refractivity contribution in [3.8, 4) is 0 Å². The Bertz CT molecular complexity index is 566. The monoisotopic (exact) mass is 287 g/mol. The number of hydrogen-bond donors (Lipinski definition) is 2. The van der Waals surface area contributed by atoms with Crippen molar-refractivity contribution in [3.63, 3.8) is 0 Å². The van der Waals surface area contributed by atoms with Crippen molar-refractivity contribution in [1.82, 2.24) is 20.3 Å². The Labute approximate surface area is 124 Å². The average Bonchev–Trinajstić information content (AvgIpc) is 2.97. The minimum atomic E-state index is -0.196. The highest BCUT2D eigenvalue weighted by atomic mass is 16.2. The third-order valence-corrected chi connectivity index (χ3v) is 3.36. The van der Waals surface area contributed by atoms with Gasteiger partial charge in [-0.15, -0.1) is 5.10 Å². The van der Waals surface area contributed by atoms with Crippen molar-refractivity contribution in [2.45, 2.75) is 25.8 Å². The minimum Gasteiger partial charge on any atom is -0.351 e. The lowest BCUT2D eigenvalue weighted by atomic mass is 9.98. The molecule has 0 aliphatic rings. The molecule has 0 spiro atoms. The van der Waals surface area contributed by atoms with E-state index in [0.717, 1.165) is 6.42 Å². The van der Waals surface area contributed by atoms with E-state index >= 15 is 0 Å². The second kappa shape index (κ2) is 7.54. The maximum Gasteiger partial charge on any atom is 0.273 e. The van der Waals surface area contributed by atoms with Crippen molar-refractivity contribution in [2.75, 3.05) is 13.1 Å². The summed E-state index contributed by atoms with van der Waals surface area (Å²) in [5.41, 5.74) is 7.03. The summed E-state index contributed by atoms with van der Waals surface area (Å²) in [6.07, 6.45) is 2.50. The lowest BCUT2D eigenvalue weighted by Crippen LogP contribution is -2.25. The zero-order valence-electron chi connectivity index (χ0n) is 12.2. The van der Waals surface area contributed by atoms with Gasteiger partial charge in [0.25, 0.3) is 5.91 Å². The van der Waals surface area contributed by atoms with Crippen molar-refractivity contribution in [3.05, 3.63) is 47.8 Å². The zero-order chi connectivity index (χ0) is 15.1. The molecule has 1 unspecified atom stereocenters. The number of nitrogens with two attached hydrogens (primary N) is 1. The van der Waals surface area contributed by atoms with Crippen LogP contribution < -0.4 is 11.1 Å². The highest BCUT2D eigenvalue weighted by Gasteiger charge is 2.11. The molecular weight excluding hydrogens is 266 g/mol. The van der Waals surface area contributed by atoms with Crippen molar-refractivity contribution < 1.29 is 4.79 Å². The zero-order valence-corrected chi connectivity index (χ0v) is 12.2. The lowest BCUT2D eigenvalue weighted by molar-refractivity contribution is 0.0947. The van der Waals surface area contributed by atoms with Crippen LogP contribution in [-0.2, 0) is 6.54 Å². The van der Waals surface area contributed by atoms with Gasteiger partial charge in [0.05, 0.1) is 12.7 Å². The van der Waals surface area contributed by atoms with Crippen LogP contribution in [0, 0.1) is 0 Å². The van der Waals surface area contributed by atoms with Gasteiger partial charge in [-0.25, -0.2) is 0 Å². The number of aromatic nitrogens is 3. The number of hydrogen-bond acceptors (Lipinski definition) is 4. The molecule has 6 heteroatoms. The van der Waals surface area contributed by atoms with Crippen LogP contribution in [0.5, 0.6) is 0 Å². The van der Waals surface area contributed by atoms with E-state index < -0.39 is 0 Å². The van der Waals surface area contributed by atoms with E-state index in [4.69, 9.17) is 5.73 Å². The number of carbonyl (C=O) groups excluding carboxylic acids is 1. The first-order valence-electron chi connectivity index (χ1n) is 7.14. The van der Waals surface area contributed by atoms with Gasteiger partial charge in [0.15, 0.2) is 5.69 Å². The molecule has 0 bridgehead atoms. The molecule has 6 nitrogen and oxygen atoms in total. The smallest absolute Gasteiger partial charge is 0.273 e. The Kier molecular flexibility index (Phi) is 5.45. The molecule has 1 aromatic carbocycles. The molecule has 2 aromatic rings. The van der Waals surface area contributed by atoms with Crippen LogP contribution in [0.4, 0.5) is 0 Å². The van der Waals surface area contributed by atoms with Gasteiger partial charge in [-0.3, -0.25) is 9.48 Å². The lowest BCUT2D eigenvalue weighted by Gasteiger charge is -2.11. The Hall–Kier alpha value is -2.21. The molecular formula is C15H21N5O. The van der Waals surface area contributed by atoms with E-state index in [-0.39, 0.29) is 5.91 Å². The van der Waals surface area contributed by atoms with Crippen LogP contribution >= 0.6 is 0 Å². The highest BCUT2D eigenvalue weighted by Crippen LogP contribution is 2.17. The van der Waals surface area contributed by atoms with Gasteiger partial charge in [0.1, 0.15) is 0 Å². The number of benzene rings is 1. The normalized spacial score (nSPS) is 12.1. The Morgan fingerprint density at radius 2 is 2.14 bits per heavy atom. The van der Waals surface area contributed by atoms with E-state index in [0.29, 0.717) is 31.2 Å². The third-order valence-electron chi connectivity index (χ3n) is 3.36. The summed E-state index contributed by atoms with van der Waals surface area (Å²) in [6.45, 7) is 3.79. The van der Waals surface area contributed by atoms with Gasteiger partial charge in [-0.1, -0.05) is 42.5 Å². The van der Waals surface area contributed by atoms with Gasteiger partial charge < -0.3 is 11.1 Å². The number of rotatable bonds is 7. The van der Waals surface area contributed by atoms with Crippen LogP contribution in [0.15, 0.2) is 36.5 Å². The number of carbonyl (C=O) groups is 1. The van der Waals surface area contributed by atoms with Crippen molar-refractivity contribution in [1.29, 1.82) is 0 Å². The molecule has 0 aliphatic carbocycles. The largest absolute Gasteiger partial charge is 0.351 e. The molecule has 0 fully saturated rings. The average molecular weight is 287 g/mol. The summed E-state index contributed by atoms with van der Waals surface area (Å²) in [5, 5.41) is 10.5. The molecule has 21 heavy (non-hydrogen) atoms. The molecule has 2 rings (SSSR count).